The zero-order chi connectivity index (χ0) is 17.2. The number of likely N-dealkylation sites (tertiary alicyclic amines) is 1. The zero-order valence-corrected chi connectivity index (χ0v) is 14.5. The number of rotatable bonds is 7. The minimum Gasteiger partial charge on any atom is -0.469 e. The summed E-state index contributed by atoms with van der Waals surface area (Å²) in [6.45, 7) is 5.13. The Labute approximate surface area is 143 Å². The van der Waals surface area contributed by atoms with E-state index < -0.39 is 0 Å². The van der Waals surface area contributed by atoms with Crippen molar-refractivity contribution < 1.29 is 9.21 Å². The van der Waals surface area contributed by atoms with E-state index in [0.29, 0.717) is 19.1 Å². The van der Waals surface area contributed by atoms with Gasteiger partial charge in [-0.1, -0.05) is 13.3 Å². The number of carbonyl (C=O) groups is 1. The van der Waals surface area contributed by atoms with E-state index in [1.165, 1.54) is 0 Å². The number of piperidine rings is 1. The van der Waals surface area contributed by atoms with Crippen molar-refractivity contribution in [1.29, 1.82) is 0 Å². The third-order valence-electron chi connectivity index (χ3n) is 4.17. The molecule has 2 rings (SSSR count). The molecule has 1 aromatic rings. The molecule has 2 amide bonds. The number of nitrogens with zero attached hydrogens (tertiary/aromatic N) is 2. The Morgan fingerprint density at radius 2 is 2.25 bits per heavy atom. The third-order valence-corrected chi connectivity index (χ3v) is 4.17. The van der Waals surface area contributed by atoms with Crippen molar-refractivity contribution in [2.45, 2.75) is 45.1 Å². The van der Waals surface area contributed by atoms with Gasteiger partial charge in [0.25, 0.3) is 0 Å². The first-order valence-corrected chi connectivity index (χ1v) is 8.80. The second kappa shape index (κ2) is 9.85. The molecular weight excluding hydrogens is 306 g/mol. The first-order chi connectivity index (χ1) is 11.7. The van der Waals surface area contributed by atoms with Gasteiger partial charge >= 0.3 is 6.03 Å². The number of hydrogen-bond donors (Lipinski definition) is 3. The van der Waals surface area contributed by atoms with Crippen molar-refractivity contribution in [3.8, 4) is 0 Å². The number of nitrogens with one attached hydrogen (secondary N) is 2. The Balaban J connectivity index is 1.79. The Morgan fingerprint density at radius 1 is 1.46 bits per heavy atom. The van der Waals surface area contributed by atoms with Crippen LogP contribution in [0.25, 0.3) is 0 Å². The predicted octanol–water partition coefficient (Wildman–Crippen LogP) is 1.70. The molecule has 1 aliphatic rings. The van der Waals surface area contributed by atoms with Gasteiger partial charge in [-0.15, -0.1) is 0 Å². The van der Waals surface area contributed by atoms with Gasteiger partial charge in [-0.2, -0.15) is 0 Å². The number of nitrogens with two attached hydrogens (primary N) is 1. The average molecular weight is 335 g/mol. The number of aliphatic imine (C=N–C) groups is 1. The number of furan rings is 1. The van der Waals surface area contributed by atoms with E-state index in [4.69, 9.17) is 10.2 Å². The summed E-state index contributed by atoms with van der Waals surface area (Å²) in [5, 5.41) is 6.86. The molecule has 4 N–H and O–H groups in total. The summed E-state index contributed by atoms with van der Waals surface area (Å²) in [6.07, 6.45) is 6.48. The molecule has 7 nitrogen and oxygen atoms in total. The standard InChI is InChI=1S/C17H29N5O2/c1-2-3-9-19-17(20-10-6-15-5-4-13-24-15)21-14-7-11-22(12-8-14)16(18)23/h4-5,13-14H,2-3,6-12H2,1H3,(H2,18,23)(H2,19,20,21). The second-order valence-electron chi connectivity index (χ2n) is 6.08. The highest BCUT2D eigenvalue weighted by Gasteiger charge is 2.21. The molecule has 1 fully saturated rings. The molecule has 2 heterocycles. The van der Waals surface area contributed by atoms with Crippen LogP contribution in [0.15, 0.2) is 27.8 Å². The lowest BCUT2D eigenvalue weighted by atomic mass is 10.1. The Bertz CT molecular complexity index is 507. The fraction of sp³-hybridized carbons (Fsp3) is 0.647. The van der Waals surface area contributed by atoms with Gasteiger partial charge in [0, 0.05) is 38.6 Å². The molecule has 0 aliphatic carbocycles. The minimum atomic E-state index is -0.332. The number of hydrogen-bond acceptors (Lipinski definition) is 3. The minimum absolute atomic E-state index is 0.317. The van der Waals surface area contributed by atoms with Crippen molar-refractivity contribution in [2.75, 3.05) is 26.2 Å². The molecule has 134 valence electrons. The first-order valence-electron chi connectivity index (χ1n) is 8.80. The molecule has 1 aliphatic heterocycles. The summed E-state index contributed by atoms with van der Waals surface area (Å²) in [7, 11) is 0. The van der Waals surface area contributed by atoms with Gasteiger partial charge in [-0.25, -0.2) is 4.79 Å². The van der Waals surface area contributed by atoms with E-state index in [1.807, 2.05) is 12.1 Å². The molecule has 0 atom stereocenters. The highest BCUT2D eigenvalue weighted by molar-refractivity contribution is 5.80. The topological polar surface area (TPSA) is 95.9 Å². The van der Waals surface area contributed by atoms with Crippen molar-refractivity contribution in [3.63, 3.8) is 0 Å². The quantitative estimate of drug-likeness (QED) is 0.401. The fourth-order valence-electron chi connectivity index (χ4n) is 2.70. The van der Waals surface area contributed by atoms with Crippen LogP contribution >= 0.6 is 0 Å². The van der Waals surface area contributed by atoms with Crippen LogP contribution in [-0.2, 0) is 6.42 Å². The summed E-state index contributed by atoms with van der Waals surface area (Å²) in [6, 6.07) is 3.86. The predicted molar refractivity (Wildman–Crippen MR) is 94.9 cm³/mol. The SMILES string of the molecule is CCCCN=C(NCCc1ccco1)NC1CCN(C(N)=O)CC1. The summed E-state index contributed by atoms with van der Waals surface area (Å²) in [5.41, 5.74) is 5.33. The molecule has 0 bridgehead atoms. The van der Waals surface area contributed by atoms with Crippen LogP contribution in [0, 0.1) is 0 Å². The molecule has 1 aromatic heterocycles. The van der Waals surface area contributed by atoms with Gasteiger partial charge < -0.3 is 25.7 Å². The van der Waals surface area contributed by atoms with E-state index >= 15 is 0 Å². The summed E-state index contributed by atoms with van der Waals surface area (Å²) < 4.78 is 5.35. The molecular formula is C17H29N5O2. The van der Waals surface area contributed by atoms with Crippen molar-refractivity contribution in [1.82, 2.24) is 15.5 Å². The Hall–Kier alpha value is -2.18. The molecule has 1 saturated heterocycles. The molecule has 24 heavy (non-hydrogen) atoms. The molecule has 7 heteroatoms. The molecule has 0 aromatic carbocycles. The van der Waals surface area contributed by atoms with Gasteiger partial charge in [-0.3, -0.25) is 4.99 Å². The lowest BCUT2D eigenvalue weighted by Crippen LogP contribution is -2.51. The number of carbonyl (C=O) groups excluding carboxylic acids is 1. The molecule has 0 spiro atoms. The Kier molecular flexibility index (Phi) is 7.45. The smallest absolute Gasteiger partial charge is 0.314 e. The zero-order valence-electron chi connectivity index (χ0n) is 14.5. The van der Waals surface area contributed by atoms with Crippen LogP contribution in [0.4, 0.5) is 4.79 Å². The van der Waals surface area contributed by atoms with Crippen molar-refractivity contribution >= 4 is 12.0 Å². The monoisotopic (exact) mass is 335 g/mol. The second-order valence-corrected chi connectivity index (χ2v) is 6.08. The largest absolute Gasteiger partial charge is 0.469 e. The maximum atomic E-state index is 11.2. The van der Waals surface area contributed by atoms with Crippen molar-refractivity contribution in [2.24, 2.45) is 10.7 Å². The average Bonchev–Trinajstić information content (AvgIpc) is 3.09. The van der Waals surface area contributed by atoms with Gasteiger partial charge in [0.2, 0.25) is 0 Å². The maximum Gasteiger partial charge on any atom is 0.314 e. The normalized spacial score (nSPS) is 16.2. The van der Waals surface area contributed by atoms with Gasteiger partial charge in [0.1, 0.15) is 5.76 Å². The van der Waals surface area contributed by atoms with Crippen LogP contribution in [-0.4, -0.2) is 49.1 Å². The van der Waals surface area contributed by atoms with Crippen LogP contribution in [0.5, 0.6) is 0 Å². The van der Waals surface area contributed by atoms with Gasteiger partial charge in [0.15, 0.2) is 5.96 Å². The van der Waals surface area contributed by atoms with E-state index in [1.54, 1.807) is 11.2 Å². The van der Waals surface area contributed by atoms with E-state index in [9.17, 15) is 4.79 Å². The summed E-state index contributed by atoms with van der Waals surface area (Å²) >= 11 is 0. The lowest BCUT2D eigenvalue weighted by Gasteiger charge is -2.32. The lowest BCUT2D eigenvalue weighted by molar-refractivity contribution is 0.188. The number of urea groups is 1. The first kappa shape index (κ1) is 18.2. The van der Waals surface area contributed by atoms with E-state index in [-0.39, 0.29) is 6.03 Å². The highest BCUT2D eigenvalue weighted by atomic mass is 16.3. The van der Waals surface area contributed by atoms with Crippen LogP contribution in [0.1, 0.15) is 38.4 Å². The highest BCUT2D eigenvalue weighted by Crippen LogP contribution is 2.09. The Morgan fingerprint density at radius 3 is 2.88 bits per heavy atom. The molecule has 0 radical (unpaired) electrons. The number of guanidine groups is 1. The van der Waals surface area contributed by atoms with Crippen LogP contribution in [0.3, 0.4) is 0 Å². The van der Waals surface area contributed by atoms with Gasteiger partial charge in [-0.05, 0) is 31.4 Å². The van der Waals surface area contributed by atoms with Crippen LogP contribution in [0.2, 0.25) is 0 Å². The fourth-order valence-corrected chi connectivity index (χ4v) is 2.70. The summed E-state index contributed by atoms with van der Waals surface area (Å²) in [4.78, 5) is 17.5. The third kappa shape index (κ3) is 6.14. The number of amides is 2. The van der Waals surface area contributed by atoms with E-state index in [2.05, 4.69) is 22.5 Å². The van der Waals surface area contributed by atoms with Crippen molar-refractivity contribution in [3.05, 3.63) is 24.2 Å². The molecule has 0 unspecified atom stereocenters. The summed E-state index contributed by atoms with van der Waals surface area (Å²) in [5.74, 6) is 1.80. The van der Waals surface area contributed by atoms with Crippen LogP contribution < -0.4 is 16.4 Å². The number of unbranched alkanes of at least 4 members (excludes halogenated alkanes) is 1. The molecule has 0 saturated carbocycles. The van der Waals surface area contributed by atoms with E-state index in [0.717, 1.165) is 56.9 Å². The number of primary amides is 1. The van der Waals surface area contributed by atoms with Gasteiger partial charge in [0.05, 0.1) is 6.26 Å². The maximum absolute atomic E-state index is 11.2.